The van der Waals surface area contributed by atoms with Crippen molar-refractivity contribution in [3.8, 4) is 11.6 Å². The van der Waals surface area contributed by atoms with Crippen molar-refractivity contribution in [2.24, 2.45) is 0 Å². The lowest BCUT2D eigenvalue weighted by atomic mass is 10.1. The van der Waals surface area contributed by atoms with Gasteiger partial charge in [0.2, 0.25) is 5.88 Å². The number of anilines is 2. The van der Waals surface area contributed by atoms with Crippen molar-refractivity contribution < 1.29 is 23.4 Å². The summed E-state index contributed by atoms with van der Waals surface area (Å²) in [5.41, 5.74) is 0.501. The predicted octanol–water partition coefficient (Wildman–Crippen LogP) is 4.57. The highest BCUT2D eigenvalue weighted by Gasteiger charge is 2.45. The van der Waals surface area contributed by atoms with Gasteiger partial charge in [0.05, 0.1) is 29.6 Å². The summed E-state index contributed by atoms with van der Waals surface area (Å²) in [6.07, 6.45) is 1.05. The molecule has 1 aliphatic heterocycles. The quantitative estimate of drug-likeness (QED) is 0.635. The third-order valence-corrected chi connectivity index (χ3v) is 4.64. The monoisotopic (exact) mass is 452 g/mol. The number of hydrogen-bond acceptors (Lipinski definition) is 6. The van der Waals surface area contributed by atoms with Gasteiger partial charge in [0, 0.05) is 12.2 Å². The van der Waals surface area contributed by atoms with Crippen molar-refractivity contribution >= 4 is 52.3 Å². The summed E-state index contributed by atoms with van der Waals surface area (Å²) in [5, 5.41) is 11.7. The fourth-order valence-corrected chi connectivity index (χ4v) is 3.29. The third kappa shape index (κ3) is 4.65. The molecule has 1 aliphatic rings. The summed E-state index contributed by atoms with van der Waals surface area (Å²) in [6, 6.07) is 2.99. The highest BCUT2D eigenvalue weighted by molar-refractivity contribution is 6.38. The molecule has 0 unspecified atom stereocenters. The van der Waals surface area contributed by atoms with Gasteiger partial charge in [-0.3, -0.25) is 4.79 Å². The molecule has 12 heteroatoms. The van der Waals surface area contributed by atoms with Gasteiger partial charge in [-0.1, -0.05) is 34.8 Å². The normalized spacial score (nSPS) is 15.1. The number of halogens is 5. The van der Waals surface area contributed by atoms with Gasteiger partial charge in [0.1, 0.15) is 11.3 Å². The maximum Gasteiger partial charge on any atom is 0.305 e. The van der Waals surface area contributed by atoms with Gasteiger partial charge in [-0.25, -0.2) is 13.8 Å². The van der Waals surface area contributed by atoms with E-state index in [9.17, 15) is 13.6 Å². The lowest BCUT2D eigenvalue weighted by molar-refractivity contribution is -0.136. The largest absolute Gasteiger partial charge is 0.481 e. The molecule has 2 N–H and O–H groups in total. The maximum absolute atomic E-state index is 13.1. The Labute approximate surface area is 173 Å². The first-order chi connectivity index (χ1) is 13.2. The Kier molecular flexibility index (Phi) is 5.97. The van der Waals surface area contributed by atoms with E-state index < -0.39 is 25.0 Å². The number of aromatic nitrogens is 2. The van der Waals surface area contributed by atoms with Crippen LogP contribution in [0.1, 0.15) is 6.42 Å². The number of carboxylic acids is 1. The molecule has 3 rings (SSSR count). The molecule has 0 aliphatic carbocycles. The minimum Gasteiger partial charge on any atom is -0.481 e. The van der Waals surface area contributed by atoms with E-state index in [0.29, 0.717) is 5.69 Å². The van der Waals surface area contributed by atoms with Crippen LogP contribution in [-0.4, -0.2) is 46.6 Å². The van der Waals surface area contributed by atoms with Crippen LogP contribution in [0.3, 0.4) is 0 Å². The number of nitrogens with zero attached hydrogens (tertiary/aromatic N) is 3. The highest BCUT2D eigenvalue weighted by atomic mass is 35.5. The lowest BCUT2D eigenvalue weighted by Gasteiger charge is -2.39. The molecule has 0 saturated carbocycles. The van der Waals surface area contributed by atoms with Gasteiger partial charge in [0.25, 0.3) is 5.92 Å². The summed E-state index contributed by atoms with van der Waals surface area (Å²) >= 11 is 18.6. The number of alkyl halides is 2. The smallest absolute Gasteiger partial charge is 0.305 e. The number of hydrogen-bond donors (Lipinski definition) is 2. The van der Waals surface area contributed by atoms with E-state index in [0.717, 1.165) is 6.33 Å². The first-order valence-electron chi connectivity index (χ1n) is 7.92. The summed E-state index contributed by atoms with van der Waals surface area (Å²) in [7, 11) is 0. The van der Waals surface area contributed by atoms with Gasteiger partial charge in [0.15, 0.2) is 11.6 Å². The van der Waals surface area contributed by atoms with Crippen molar-refractivity contribution in [1.82, 2.24) is 9.97 Å². The molecule has 1 fully saturated rings. The molecule has 0 amide bonds. The van der Waals surface area contributed by atoms with E-state index in [1.165, 1.54) is 17.0 Å². The molecule has 2 heterocycles. The number of carboxylic acid groups (broad SMARTS) is 1. The van der Waals surface area contributed by atoms with E-state index in [1.807, 2.05) is 0 Å². The van der Waals surface area contributed by atoms with E-state index in [2.05, 4.69) is 15.3 Å². The summed E-state index contributed by atoms with van der Waals surface area (Å²) in [5.74, 6) is -3.63. The van der Waals surface area contributed by atoms with E-state index in [1.54, 1.807) is 0 Å². The summed E-state index contributed by atoms with van der Waals surface area (Å²) in [4.78, 5) is 19.7. The Bertz CT molecular complexity index is 886. The second-order valence-electron chi connectivity index (χ2n) is 5.97. The van der Waals surface area contributed by atoms with Gasteiger partial charge < -0.3 is 20.1 Å². The van der Waals surface area contributed by atoms with Gasteiger partial charge >= 0.3 is 5.97 Å². The zero-order valence-electron chi connectivity index (χ0n) is 14.1. The topological polar surface area (TPSA) is 87.6 Å². The minimum absolute atomic E-state index is 0.0474. The Morgan fingerprint density at radius 2 is 1.89 bits per heavy atom. The van der Waals surface area contributed by atoms with Crippen LogP contribution in [0.25, 0.3) is 0 Å². The SMILES string of the molecule is O=C(O)CCNc1cc(Cl)c(Oc2ncnc(N3CC(F)(F)C3)c2Cl)c(Cl)c1. The van der Waals surface area contributed by atoms with Crippen molar-refractivity contribution in [1.29, 1.82) is 0 Å². The number of carbonyl (C=O) groups is 1. The van der Waals surface area contributed by atoms with Crippen LogP contribution in [0.5, 0.6) is 11.6 Å². The van der Waals surface area contributed by atoms with Crippen LogP contribution in [0.2, 0.25) is 15.1 Å². The van der Waals surface area contributed by atoms with Crippen LogP contribution in [-0.2, 0) is 4.79 Å². The van der Waals surface area contributed by atoms with Crippen LogP contribution in [0.15, 0.2) is 18.5 Å². The number of nitrogens with one attached hydrogen (secondary N) is 1. The summed E-state index contributed by atoms with van der Waals surface area (Å²) < 4.78 is 31.8. The van der Waals surface area contributed by atoms with Crippen LogP contribution >= 0.6 is 34.8 Å². The fourth-order valence-electron chi connectivity index (χ4n) is 2.47. The first-order valence-corrected chi connectivity index (χ1v) is 9.05. The molecule has 7 nitrogen and oxygen atoms in total. The van der Waals surface area contributed by atoms with Gasteiger partial charge in [-0.15, -0.1) is 0 Å². The molecule has 0 radical (unpaired) electrons. The number of aliphatic carboxylic acids is 1. The third-order valence-electron chi connectivity index (χ3n) is 3.75. The van der Waals surface area contributed by atoms with Crippen LogP contribution in [0.4, 0.5) is 20.3 Å². The molecule has 0 bridgehead atoms. The molecule has 1 saturated heterocycles. The second-order valence-corrected chi connectivity index (χ2v) is 7.16. The molecule has 0 atom stereocenters. The van der Waals surface area contributed by atoms with Crippen molar-refractivity contribution in [2.45, 2.75) is 12.3 Å². The van der Waals surface area contributed by atoms with Crippen molar-refractivity contribution in [3.05, 3.63) is 33.5 Å². The van der Waals surface area contributed by atoms with Gasteiger partial charge in [-0.2, -0.15) is 4.98 Å². The average molecular weight is 454 g/mol. The molecular weight excluding hydrogens is 441 g/mol. The van der Waals surface area contributed by atoms with E-state index in [-0.39, 0.29) is 45.5 Å². The minimum atomic E-state index is -2.79. The first kappa shape index (κ1) is 20.6. The van der Waals surface area contributed by atoms with E-state index >= 15 is 0 Å². The van der Waals surface area contributed by atoms with Crippen LogP contribution in [0, 0.1) is 0 Å². The lowest BCUT2D eigenvalue weighted by Crippen LogP contribution is -2.56. The van der Waals surface area contributed by atoms with Crippen molar-refractivity contribution in [2.75, 3.05) is 29.9 Å². The molecule has 0 spiro atoms. The standard InChI is InChI=1S/C16H13Cl3F2N4O3/c17-9-3-8(22-2-1-11(26)27)4-10(18)13(9)28-15-12(19)14(23-7-24-15)25-5-16(20,21)6-25/h3-4,7,22H,1-2,5-6H2,(H,26,27). The van der Waals surface area contributed by atoms with E-state index in [4.69, 9.17) is 44.6 Å². The Morgan fingerprint density at radius 1 is 1.25 bits per heavy atom. The molecule has 1 aromatic carbocycles. The number of ether oxygens (including phenoxy) is 1. The Balaban J connectivity index is 1.77. The van der Waals surface area contributed by atoms with Crippen LogP contribution < -0.4 is 15.0 Å². The molecule has 1 aromatic heterocycles. The fraction of sp³-hybridized carbons (Fsp3) is 0.312. The number of benzene rings is 1. The Hall–Kier alpha value is -2.10. The molecule has 150 valence electrons. The summed E-state index contributed by atoms with van der Waals surface area (Å²) in [6.45, 7) is -0.813. The van der Waals surface area contributed by atoms with Crippen molar-refractivity contribution in [3.63, 3.8) is 0 Å². The molecule has 28 heavy (non-hydrogen) atoms. The average Bonchev–Trinajstić information content (AvgIpc) is 2.57. The maximum atomic E-state index is 13.1. The highest BCUT2D eigenvalue weighted by Crippen LogP contribution is 2.43. The Morgan fingerprint density at radius 3 is 2.46 bits per heavy atom. The van der Waals surface area contributed by atoms with Gasteiger partial charge in [-0.05, 0) is 12.1 Å². The number of rotatable bonds is 7. The molecule has 2 aromatic rings. The second kappa shape index (κ2) is 8.10. The predicted molar refractivity (Wildman–Crippen MR) is 101 cm³/mol. The zero-order valence-corrected chi connectivity index (χ0v) is 16.3. The zero-order chi connectivity index (χ0) is 20.5. The molecular formula is C16H13Cl3F2N4O3.